The summed E-state index contributed by atoms with van der Waals surface area (Å²) >= 11 is 0. The number of ketones is 1. The Kier molecular flexibility index (Phi) is 2.69. The minimum absolute atomic E-state index is 0.260. The Morgan fingerprint density at radius 1 is 1.17 bits per heavy atom. The van der Waals surface area contributed by atoms with Gasteiger partial charge in [-0.25, -0.2) is 0 Å². The van der Waals surface area contributed by atoms with Crippen molar-refractivity contribution in [3.8, 4) is 0 Å². The zero-order valence-electron chi connectivity index (χ0n) is 12.6. The SMILES string of the molecule is CC1=NN(C)c2c(C(=O)C(F)(F)F)cc3c4c(ccc1c24)CC3. The van der Waals surface area contributed by atoms with Gasteiger partial charge in [0.2, 0.25) is 0 Å². The Balaban J connectivity index is 2.15. The van der Waals surface area contributed by atoms with E-state index in [0.29, 0.717) is 6.42 Å². The fourth-order valence-electron chi connectivity index (χ4n) is 3.68. The minimum atomic E-state index is -4.90. The van der Waals surface area contributed by atoms with Crippen LogP contribution in [-0.4, -0.2) is 24.7 Å². The number of rotatable bonds is 1. The average molecular weight is 318 g/mol. The Hall–Kier alpha value is -2.37. The lowest BCUT2D eigenvalue weighted by atomic mass is 9.91. The molecule has 0 N–H and O–H groups in total. The van der Waals surface area contributed by atoms with Gasteiger partial charge in [-0.05, 0) is 42.3 Å². The van der Waals surface area contributed by atoms with Crippen LogP contribution in [0.1, 0.15) is 34.0 Å². The maximum Gasteiger partial charge on any atom is 0.454 e. The molecule has 6 heteroatoms. The maximum absolute atomic E-state index is 13.0. The smallest absolute Gasteiger partial charge is 0.284 e. The first kappa shape index (κ1) is 14.2. The number of anilines is 1. The largest absolute Gasteiger partial charge is 0.454 e. The number of hydrogen-bond donors (Lipinski definition) is 0. The first-order valence-corrected chi connectivity index (χ1v) is 7.31. The molecule has 4 rings (SSSR count). The molecule has 0 atom stereocenters. The van der Waals surface area contributed by atoms with E-state index in [1.54, 1.807) is 7.05 Å². The van der Waals surface area contributed by atoms with Crippen molar-refractivity contribution in [1.82, 2.24) is 0 Å². The van der Waals surface area contributed by atoms with Gasteiger partial charge in [0.25, 0.3) is 5.78 Å². The monoisotopic (exact) mass is 318 g/mol. The van der Waals surface area contributed by atoms with E-state index in [9.17, 15) is 18.0 Å². The number of nitrogens with zero attached hydrogens (tertiary/aromatic N) is 2. The molecule has 2 aliphatic rings. The number of halogens is 3. The van der Waals surface area contributed by atoms with Crippen molar-refractivity contribution in [3.05, 3.63) is 40.5 Å². The third-order valence-electron chi connectivity index (χ3n) is 4.60. The van der Waals surface area contributed by atoms with E-state index in [1.807, 2.05) is 19.1 Å². The van der Waals surface area contributed by atoms with Gasteiger partial charge < -0.3 is 0 Å². The quantitative estimate of drug-likeness (QED) is 0.748. The molecule has 0 radical (unpaired) electrons. The predicted octanol–water partition coefficient (Wildman–Crippen LogP) is 3.86. The molecule has 0 spiro atoms. The summed E-state index contributed by atoms with van der Waals surface area (Å²) in [6, 6.07) is 5.30. The standard InChI is InChI=1S/C17H13F3N2O/c1-8-11-6-5-9-3-4-10-7-12(16(23)17(18,19)20)15(22(2)21-8)14(11)13(9)10/h5-7H,3-4H2,1-2H3. The molecule has 0 aromatic heterocycles. The molecule has 0 saturated heterocycles. The van der Waals surface area contributed by atoms with E-state index in [-0.39, 0.29) is 11.3 Å². The molecule has 3 nitrogen and oxygen atoms in total. The number of aryl methyl sites for hydroxylation is 2. The van der Waals surface area contributed by atoms with Crippen molar-refractivity contribution in [1.29, 1.82) is 0 Å². The normalized spacial score (nSPS) is 16.0. The van der Waals surface area contributed by atoms with Crippen molar-refractivity contribution >= 4 is 28.0 Å². The lowest BCUT2D eigenvalue weighted by molar-refractivity contribution is -0.0884. The molecule has 118 valence electrons. The van der Waals surface area contributed by atoms with E-state index in [2.05, 4.69) is 5.10 Å². The fourth-order valence-corrected chi connectivity index (χ4v) is 3.68. The molecule has 1 heterocycles. The summed E-state index contributed by atoms with van der Waals surface area (Å²) < 4.78 is 39.1. The average Bonchev–Trinajstić information content (AvgIpc) is 2.89. The summed E-state index contributed by atoms with van der Waals surface area (Å²) in [6.45, 7) is 1.82. The second-order valence-electron chi connectivity index (χ2n) is 5.99. The second-order valence-corrected chi connectivity index (χ2v) is 5.99. The number of carbonyl (C=O) groups is 1. The van der Waals surface area contributed by atoms with Crippen LogP contribution in [0.25, 0.3) is 10.8 Å². The van der Waals surface area contributed by atoms with E-state index in [1.165, 1.54) is 11.1 Å². The van der Waals surface area contributed by atoms with Gasteiger partial charge in [-0.3, -0.25) is 9.80 Å². The third-order valence-corrected chi connectivity index (χ3v) is 4.60. The van der Waals surface area contributed by atoms with Crippen molar-refractivity contribution in [2.75, 3.05) is 12.1 Å². The van der Waals surface area contributed by atoms with Gasteiger partial charge in [-0.1, -0.05) is 12.1 Å². The van der Waals surface area contributed by atoms with Gasteiger partial charge in [0.15, 0.2) is 0 Å². The molecule has 0 amide bonds. The summed E-state index contributed by atoms with van der Waals surface area (Å²) in [4.78, 5) is 11.9. The minimum Gasteiger partial charge on any atom is -0.284 e. The van der Waals surface area contributed by atoms with Gasteiger partial charge in [0.05, 0.1) is 17.0 Å². The number of carbonyl (C=O) groups excluding carboxylic acids is 1. The van der Waals surface area contributed by atoms with E-state index in [4.69, 9.17) is 0 Å². The lowest BCUT2D eigenvalue weighted by Crippen LogP contribution is -2.27. The lowest BCUT2D eigenvalue weighted by Gasteiger charge is -2.27. The predicted molar refractivity (Wildman–Crippen MR) is 82.4 cm³/mol. The molecular weight excluding hydrogens is 305 g/mol. The van der Waals surface area contributed by atoms with E-state index < -0.39 is 12.0 Å². The number of Topliss-reactive ketones (excluding diaryl/α,β-unsaturated/α-hetero) is 1. The molecule has 0 unspecified atom stereocenters. The zero-order chi connectivity index (χ0) is 16.5. The summed E-state index contributed by atoms with van der Waals surface area (Å²) in [6.07, 6.45) is -3.45. The third kappa shape index (κ3) is 1.84. The number of benzene rings is 2. The highest BCUT2D eigenvalue weighted by Gasteiger charge is 2.42. The first-order chi connectivity index (χ1) is 10.8. The Bertz CT molecular complexity index is 912. The maximum atomic E-state index is 13.0. The highest BCUT2D eigenvalue weighted by Crippen LogP contribution is 2.44. The molecule has 2 aromatic carbocycles. The highest BCUT2D eigenvalue weighted by atomic mass is 19.4. The summed E-state index contributed by atoms with van der Waals surface area (Å²) in [5.41, 5.74) is 3.43. The summed E-state index contributed by atoms with van der Waals surface area (Å²) in [5.74, 6) is -1.81. The topological polar surface area (TPSA) is 32.7 Å². The van der Waals surface area contributed by atoms with Crippen LogP contribution in [0.4, 0.5) is 18.9 Å². The summed E-state index contributed by atoms with van der Waals surface area (Å²) in [5, 5.41) is 7.38. The molecule has 0 bridgehead atoms. The van der Waals surface area contributed by atoms with Crippen molar-refractivity contribution in [3.63, 3.8) is 0 Å². The van der Waals surface area contributed by atoms with Gasteiger partial charge in [0.1, 0.15) is 0 Å². The molecule has 23 heavy (non-hydrogen) atoms. The second kappa shape index (κ2) is 4.34. The van der Waals surface area contributed by atoms with Crippen LogP contribution in [0, 0.1) is 0 Å². The van der Waals surface area contributed by atoms with Crippen LogP contribution in [0.3, 0.4) is 0 Å². The number of hydrazone groups is 1. The van der Waals surface area contributed by atoms with Crippen LogP contribution in [-0.2, 0) is 12.8 Å². The van der Waals surface area contributed by atoms with Crippen LogP contribution >= 0.6 is 0 Å². The summed E-state index contributed by atoms with van der Waals surface area (Å²) in [7, 11) is 1.58. The number of hydrogen-bond acceptors (Lipinski definition) is 3. The Labute approximate surface area is 130 Å². The molecule has 2 aromatic rings. The van der Waals surface area contributed by atoms with Gasteiger partial charge in [0, 0.05) is 18.0 Å². The Morgan fingerprint density at radius 2 is 1.87 bits per heavy atom. The van der Waals surface area contributed by atoms with E-state index >= 15 is 0 Å². The fraction of sp³-hybridized carbons (Fsp3) is 0.294. The van der Waals surface area contributed by atoms with Crippen LogP contribution in [0.5, 0.6) is 0 Å². The first-order valence-electron chi connectivity index (χ1n) is 7.31. The van der Waals surface area contributed by atoms with Gasteiger partial charge >= 0.3 is 6.18 Å². The van der Waals surface area contributed by atoms with Gasteiger partial charge in [-0.2, -0.15) is 18.3 Å². The number of alkyl halides is 3. The molecular formula is C17H13F3N2O. The van der Waals surface area contributed by atoms with Crippen molar-refractivity contribution in [2.45, 2.75) is 25.9 Å². The molecule has 1 aliphatic carbocycles. The Morgan fingerprint density at radius 3 is 2.57 bits per heavy atom. The van der Waals surface area contributed by atoms with E-state index in [0.717, 1.165) is 39.6 Å². The highest BCUT2D eigenvalue weighted by molar-refractivity contribution is 6.22. The van der Waals surface area contributed by atoms with Crippen molar-refractivity contribution < 1.29 is 18.0 Å². The van der Waals surface area contributed by atoms with Crippen LogP contribution < -0.4 is 5.01 Å². The van der Waals surface area contributed by atoms with Gasteiger partial charge in [-0.15, -0.1) is 0 Å². The zero-order valence-corrected chi connectivity index (χ0v) is 12.6. The van der Waals surface area contributed by atoms with Crippen molar-refractivity contribution in [2.24, 2.45) is 5.10 Å². The van der Waals surface area contributed by atoms with Crippen LogP contribution in [0.15, 0.2) is 23.3 Å². The van der Waals surface area contributed by atoms with Crippen LogP contribution in [0.2, 0.25) is 0 Å². The molecule has 0 fully saturated rings. The molecule has 0 saturated carbocycles. The molecule has 1 aliphatic heterocycles.